The summed E-state index contributed by atoms with van der Waals surface area (Å²) in [7, 11) is 0. The van der Waals surface area contributed by atoms with Gasteiger partial charge in [0.1, 0.15) is 5.82 Å². The highest BCUT2D eigenvalue weighted by Crippen LogP contribution is 2.26. The van der Waals surface area contributed by atoms with Crippen LogP contribution in [0.2, 0.25) is 0 Å². The zero-order valence-corrected chi connectivity index (χ0v) is 20.9. The molecule has 1 heterocycles. The lowest BCUT2D eigenvalue weighted by molar-refractivity contribution is -0.120. The summed E-state index contributed by atoms with van der Waals surface area (Å²) in [6.45, 7) is 0.864. The van der Waals surface area contributed by atoms with Crippen molar-refractivity contribution < 1.29 is 9.18 Å². The molecular formula is C29H26FN5OS. The molecule has 1 amide bonds. The van der Waals surface area contributed by atoms with Gasteiger partial charge in [-0.05, 0) is 41.3 Å². The third kappa shape index (κ3) is 6.16. The Morgan fingerprint density at radius 3 is 2.43 bits per heavy atom. The number of benzene rings is 4. The van der Waals surface area contributed by atoms with E-state index in [1.807, 2.05) is 53.1 Å². The number of anilines is 1. The normalized spacial score (nSPS) is 10.9. The van der Waals surface area contributed by atoms with E-state index in [0.717, 1.165) is 33.3 Å². The maximum Gasteiger partial charge on any atom is 0.221 e. The predicted molar refractivity (Wildman–Crippen MR) is 146 cm³/mol. The van der Waals surface area contributed by atoms with Crippen LogP contribution in [0.3, 0.4) is 0 Å². The molecule has 0 bridgehead atoms. The van der Waals surface area contributed by atoms with E-state index < -0.39 is 0 Å². The molecule has 2 N–H and O–H groups in total. The second kappa shape index (κ2) is 11.7. The van der Waals surface area contributed by atoms with E-state index in [1.54, 1.807) is 12.1 Å². The van der Waals surface area contributed by atoms with Gasteiger partial charge in [0.15, 0.2) is 11.0 Å². The highest BCUT2D eigenvalue weighted by Gasteiger charge is 2.15. The monoisotopic (exact) mass is 511 g/mol. The van der Waals surface area contributed by atoms with Crippen molar-refractivity contribution in [3.63, 3.8) is 0 Å². The molecule has 0 saturated carbocycles. The van der Waals surface area contributed by atoms with Crippen LogP contribution in [0, 0.1) is 5.82 Å². The van der Waals surface area contributed by atoms with Crippen molar-refractivity contribution >= 4 is 34.1 Å². The minimum atomic E-state index is -0.291. The number of hydrogen-bond donors (Lipinski definition) is 2. The number of halogens is 1. The van der Waals surface area contributed by atoms with Crippen LogP contribution in [-0.4, -0.2) is 26.4 Å². The van der Waals surface area contributed by atoms with Crippen LogP contribution in [0.15, 0.2) is 102 Å². The van der Waals surface area contributed by atoms with Crippen LogP contribution in [0.25, 0.3) is 16.5 Å². The molecule has 0 unspecified atom stereocenters. The fourth-order valence-electron chi connectivity index (χ4n) is 4.02. The Balaban J connectivity index is 1.25. The maximum atomic E-state index is 13.1. The summed E-state index contributed by atoms with van der Waals surface area (Å²) in [5, 5.41) is 18.4. The van der Waals surface area contributed by atoms with E-state index >= 15 is 0 Å². The smallest absolute Gasteiger partial charge is 0.221 e. The van der Waals surface area contributed by atoms with Crippen LogP contribution in [0.4, 0.5) is 10.1 Å². The molecule has 4 aromatic carbocycles. The lowest BCUT2D eigenvalue weighted by Crippen LogP contribution is -2.23. The average Bonchev–Trinajstić information content (AvgIpc) is 3.34. The Kier molecular flexibility index (Phi) is 7.76. The SMILES string of the molecule is O=C(CCSc1nnc(CNc2cccc3ccccc23)n1-c1ccccc1)NCc1ccc(F)cc1. The number of fused-ring (bicyclic) bond motifs is 1. The molecule has 6 nitrogen and oxygen atoms in total. The first-order valence-electron chi connectivity index (χ1n) is 12.0. The zero-order chi connectivity index (χ0) is 25.5. The summed E-state index contributed by atoms with van der Waals surface area (Å²) in [4.78, 5) is 12.3. The molecule has 0 fully saturated rings. The van der Waals surface area contributed by atoms with Gasteiger partial charge in [0.25, 0.3) is 0 Å². The molecule has 0 spiro atoms. The first-order chi connectivity index (χ1) is 18.2. The molecule has 8 heteroatoms. The molecule has 0 aliphatic carbocycles. The third-order valence-corrected chi connectivity index (χ3v) is 6.84. The molecule has 0 aliphatic rings. The number of hydrogen-bond acceptors (Lipinski definition) is 5. The van der Waals surface area contributed by atoms with Gasteiger partial charge >= 0.3 is 0 Å². The van der Waals surface area contributed by atoms with Gasteiger partial charge < -0.3 is 10.6 Å². The van der Waals surface area contributed by atoms with Gasteiger partial charge in [-0.15, -0.1) is 10.2 Å². The predicted octanol–water partition coefficient (Wildman–Crippen LogP) is 5.97. The minimum absolute atomic E-state index is 0.0690. The van der Waals surface area contributed by atoms with Crippen molar-refractivity contribution in [1.82, 2.24) is 20.1 Å². The van der Waals surface area contributed by atoms with Gasteiger partial charge in [-0.3, -0.25) is 9.36 Å². The number of thioether (sulfide) groups is 1. The Bertz CT molecular complexity index is 1480. The van der Waals surface area contributed by atoms with Gasteiger partial charge in [0, 0.05) is 35.5 Å². The largest absolute Gasteiger partial charge is 0.377 e. The Hall–Kier alpha value is -4.17. The fraction of sp³-hybridized carbons (Fsp3) is 0.138. The number of rotatable bonds is 10. The van der Waals surface area contributed by atoms with Crippen LogP contribution >= 0.6 is 11.8 Å². The quantitative estimate of drug-likeness (QED) is 0.226. The topological polar surface area (TPSA) is 71.8 Å². The molecule has 1 aromatic heterocycles. The summed E-state index contributed by atoms with van der Waals surface area (Å²) >= 11 is 1.49. The van der Waals surface area contributed by atoms with Gasteiger partial charge in [-0.2, -0.15) is 0 Å². The highest BCUT2D eigenvalue weighted by molar-refractivity contribution is 7.99. The summed E-state index contributed by atoms with van der Waals surface area (Å²) < 4.78 is 15.1. The maximum absolute atomic E-state index is 13.1. The molecule has 5 rings (SSSR count). The van der Waals surface area contributed by atoms with Gasteiger partial charge in [-0.1, -0.05) is 78.5 Å². The van der Waals surface area contributed by atoms with E-state index in [0.29, 0.717) is 25.3 Å². The highest BCUT2D eigenvalue weighted by atomic mass is 32.2. The van der Waals surface area contributed by atoms with E-state index in [1.165, 1.54) is 29.3 Å². The van der Waals surface area contributed by atoms with Crippen molar-refractivity contribution in [2.45, 2.75) is 24.7 Å². The molecule has 0 saturated heterocycles. The molecule has 186 valence electrons. The van der Waals surface area contributed by atoms with E-state index in [2.05, 4.69) is 45.1 Å². The standard InChI is InChI=1S/C29H26FN5OS/c30-23-15-13-21(14-16-23)19-32-28(36)17-18-37-29-34-33-27(35(29)24-9-2-1-3-10-24)20-31-26-12-6-8-22-7-4-5-11-25(22)26/h1-16,31H,17-20H2,(H,32,36). The Morgan fingerprint density at radius 2 is 1.59 bits per heavy atom. The molecular weight excluding hydrogens is 485 g/mol. The fourth-order valence-corrected chi connectivity index (χ4v) is 4.93. The average molecular weight is 512 g/mol. The van der Waals surface area contributed by atoms with Crippen molar-refractivity contribution in [2.75, 3.05) is 11.1 Å². The number of nitrogens with zero attached hydrogens (tertiary/aromatic N) is 3. The van der Waals surface area contributed by atoms with Crippen LogP contribution in [0.5, 0.6) is 0 Å². The van der Waals surface area contributed by atoms with Crippen LogP contribution in [0.1, 0.15) is 17.8 Å². The number of aromatic nitrogens is 3. The minimum Gasteiger partial charge on any atom is -0.377 e. The number of para-hydroxylation sites is 1. The number of carbonyl (C=O) groups excluding carboxylic acids is 1. The number of amides is 1. The second-order valence-electron chi connectivity index (χ2n) is 8.45. The van der Waals surface area contributed by atoms with E-state index in [4.69, 9.17) is 0 Å². The molecule has 37 heavy (non-hydrogen) atoms. The molecule has 0 aliphatic heterocycles. The van der Waals surface area contributed by atoms with E-state index in [9.17, 15) is 9.18 Å². The van der Waals surface area contributed by atoms with Gasteiger partial charge in [0.05, 0.1) is 6.54 Å². The molecule has 0 atom stereocenters. The first-order valence-corrected chi connectivity index (χ1v) is 13.0. The number of carbonyl (C=O) groups is 1. The molecule has 0 radical (unpaired) electrons. The lowest BCUT2D eigenvalue weighted by Gasteiger charge is -2.13. The van der Waals surface area contributed by atoms with E-state index in [-0.39, 0.29) is 11.7 Å². The summed E-state index contributed by atoms with van der Waals surface area (Å²) in [5.74, 6) is 0.972. The zero-order valence-electron chi connectivity index (χ0n) is 20.1. The first kappa shape index (κ1) is 24.5. The van der Waals surface area contributed by atoms with Gasteiger partial charge in [-0.25, -0.2) is 4.39 Å². The van der Waals surface area contributed by atoms with Crippen molar-refractivity contribution in [1.29, 1.82) is 0 Å². The number of nitrogens with one attached hydrogen (secondary N) is 2. The molecule has 5 aromatic rings. The van der Waals surface area contributed by atoms with Crippen molar-refractivity contribution in [3.05, 3.63) is 114 Å². The Labute approximate surface area is 218 Å². The summed E-state index contributed by atoms with van der Waals surface area (Å²) in [6.07, 6.45) is 0.330. The third-order valence-electron chi connectivity index (χ3n) is 5.90. The van der Waals surface area contributed by atoms with Crippen LogP contribution < -0.4 is 10.6 Å². The van der Waals surface area contributed by atoms with Crippen molar-refractivity contribution in [2.24, 2.45) is 0 Å². The summed E-state index contributed by atoms with van der Waals surface area (Å²) in [6, 6.07) is 30.5. The van der Waals surface area contributed by atoms with Gasteiger partial charge in [0.2, 0.25) is 5.91 Å². The summed E-state index contributed by atoms with van der Waals surface area (Å²) in [5.41, 5.74) is 2.85. The van der Waals surface area contributed by atoms with Crippen LogP contribution in [-0.2, 0) is 17.9 Å². The lowest BCUT2D eigenvalue weighted by atomic mass is 10.1. The second-order valence-corrected chi connectivity index (χ2v) is 9.51. The van der Waals surface area contributed by atoms with Crippen molar-refractivity contribution in [3.8, 4) is 5.69 Å². The Morgan fingerprint density at radius 1 is 0.838 bits per heavy atom.